The number of amides is 1. The number of nitrogens with one attached hydrogen (secondary N) is 1. The number of aromatic nitrogens is 2. The number of likely N-dealkylation sites (N-methyl/N-ethyl adjacent to an activating group) is 1. The molecule has 11 nitrogen and oxygen atoms in total. The number of methoxy groups -OCH3 is 1. The smallest absolute Gasteiger partial charge is 0.323 e. The van der Waals surface area contributed by atoms with Gasteiger partial charge in [-0.3, -0.25) is 9.59 Å². The summed E-state index contributed by atoms with van der Waals surface area (Å²) in [7, 11) is -0.725. The van der Waals surface area contributed by atoms with Crippen LogP contribution in [-0.4, -0.2) is 84.4 Å². The summed E-state index contributed by atoms with van der Waals surface area (Å²) in [6, 6.07) is 8.64. The van der Waals surface area contributed by atoms with Crippen molar-refractivity contribution in [1.82, 2.24) is 19.2 Å². The van der Waals surface area contributed by atoms with E-state index in [9.17, 15) is 23.1 Å². The van der Waals surface area contributed by atoms with Crippen molar-refractivity contribution in [2.75, 3.05) is 39.1 Å². The predicted octanol–water partition coefficient (Wildman–Crippen LogP) is 3.39. The zero-order valence-electron chi connectivity index (χ0n) is 22.4. The number of carbonyl (C=O) groups is 2. The number of nitrogens with zero attached hydrogens (tertiary/aromatic N) is 4. The molecule has 5 rings (SSSR count). The van der Waals surface area contributed by atoms with Gasteiger partial charge in [-0.05, 0) is 43.1 Å². The van der Waals surface area contributed by atoms with E-state index in [1.807, 2.05) is 0 Å². The summed E-state index contributed by atoms with van der Waals surface area (Å²) in [5.41, 5.74) is 1.36. The molecule has 1 saturated heterocycles. The van der Waals surface area contributed by atoms with Crippen LogP contribution in [0.15, 0.2) is 41.3 Å². The van der Waals surface area contributed by atoms with Crippen LogP contribution in [-0.2, 0) is 19.6 Å². The number of hydrogen-bond acceptors (Lipinski definition) is 9. The molecule has 40 heavy (non-hydrogen) atoms. The molecule has 2 aromatic heterocycles. The molecule has 3 heterocycles. The Morgan fingerprint density at radius 3 is 2.52 bits per heavy atom. The largest absolute Gasteiger partial charge is 0.481 e. The van der Waals surface area contributed by atoms with Crippen LogP contribution in [0.3, 0.4) is 0 Å². The molecule has 0 bridgehead atoms. The lowest BCUT2D eigenvalue weighted by molar-refractivity contribution is -0.143. The van der Waals surface area contributed by atoms with Gasteiger partial charge in [0.2, 0.25) is 21.8 Å². The monoisotopic (exact) mass is 587 g/mol. The van der Waals surface area contributed by atoms with Gasteiger partial charge in [0.15, 0.2) is 5.13 Å². The van der Waals surface area contributed by atoms with Gasteiger partial charge in [0.05, 0.1) is 17.9 Å². The summed E-state index contributed by atoms with van der Waals surface area (Å²) < 4.78 is 33.1. The zero-order chi connectivity index (χ0) is 28.4. The summed E-state index contributed by atoms with van der Waals surface area (Å²) in [5.74, 6) is -1.01. The van der Waals surface area contributed by atoms with E-state index in [0.717, 1.165) is 30.0 Å². The quantitative estimate of drug-likeness (QED) is 0.385. The summed E-state index contributed by atoms with van der Waals surface area (Å²) in [6.07, 6.45) is 5.03. The molecule has 13 heteroatoms. The lowest BCUT2D eigenvalue weighted by atomic mass is 9.87. The Bertz CT molecular complexity index is 1490. The van der Waals surface area contributed by atoms with Gasteiger partial charge in [0, 0.05) is 25.7 Å². The topological polar surface area (TPSA) is 142 Å². The summed E-state index contributed by atoms with van der Waals surface area (Å²) in [5, 5.41) is 13.0. The summed E-state index contributed by atoms with van der Waals surface area (Å²) >= 11 is 1.26. The molecule has 2 fully saturated rings. The van der Waals surface area contributed by atoms with Gasteiger partial charge in [-0.2, -0.15) is 4.31 Å². The second kappa shape index (κ2) is 11.8. The van der Waals surface area contributed by atoms with Gasteiger partial charge in [-0.15, -0.1) is 0 Å². The minimum absolute atomic E-state index is 0.0123. The van der Waals surface area contributed by atoms with Crippen molar-refractivity contribution in [2.24, 2.45) is 5.92 Å². The number of hydrogen-bond donors (Lipinski definition) is 2. The highest BCUT2D eigenvalue weighted by Gasteiger charge is 2.39. The Kier molecular flexibility index (Phi) is 8.36. The number of anilines is 1. The van der Waals surface area contributed by atoms with Gasteiger partial charge in [0.1, 0.15) is 16.4 Å². The van der Waals surface area contributed by atoms with Crippen LogP contribution < -0.4 is 10.1 Å². The predicted molar refractivity (Wildman–Crippen MR) is 151 cm³/mol. The minimum atomic E-state index is -4.03. The molecular weight excluding hydrogens is 554 g/mol. The molecule has 2 aliphatic rings. The first-order valence-electron chi connectivity index (χ1n) is 13.3. The number of benzene rings is 1. The molecule has 1 aliphatic heterocycles. The van der Waals surface area contributed by atoms with Crippen LogP contribution in [0, 0.1) is 5.92 Å². The average Bonchev–Trinajstić information content (AvgIpc) is 3.60. The molecule has 1 amide bonds. The van der Waals surface area contributed by atoms with Crippen LogP contribution >= 0.6 is 11.3 Å². The highest BCUT2D eigenvalue weighted by Crippen LogP contribution is 2.36. The van der Waals surface area contributed by atoms with Crippen molar-refractivity contribution < 1.29 is 27.9 Å². The fourth-order valence-electron chi connectivity index (χ4n) is 5.53. The molecule has 1 saturated carbocycles. The number of thiazole rings is 1. The molecule has 214 valence electrons. The molecule has 1 aromatic carbocycles. The van der Waals surface area contributed by atoms with Crippen molar-refractivity contribution in [3.05, 3.63) is 42.0 Å². The number of ether oxygens (including phenoxy) is 1. The summed E-state index contributed by atoms with van der Waals surface area (Å²) in [4.78, 5) is 36.8. The SMILES string of the molecule is COc1ccc2nc(NC(=O)[C@H](CC3CCCC3)c3ccc(S(=O)(=O)N4CCN(C)CC4C(=O)O)cc3)sc2n1. The van der Waals surface area contributed by atoms with Crippen LogP contribution in [0.25, 0.3) is 10.3 Å². The van der Waals surface area contributed by atoms with Gasteiger partial charge in [0.25, 0.3) is 0 Å². The highest BCUT2D eigenvalue weighted by molar-refractivity contribution is 7.89. The van der Waals surface area contributed by atoms with Gasteiger partial charge in [-0.1, -0.05) is 49.2 Å². The van der Waals surface area contributed by atoms with Crippen LogP contribution in [0.5, 0.6) is 5.88 Å². The lowest BCUT2D eigenvalue weighted by Crippen LogP contribution is -2.57. The number of carbonyl (C=O) groups excluding carboxylic acids is 1. The number of fused-ring (bicyclic) bond motifs is 1. The van der Waals surface area contributed by atoms with Crippen molar-refractivity contribution in [3.63, 3.8) is 0 Å². The molecule has 0 radical (unpaired) electrons. The maximum absolute atomic E-state index is 13.6. The average molecular weight is 588 g/mol. The van der Waals surface area contributed by atoms with Crippen molar-refractivity contribution in [2.45, 2.75) is 49.0 Å². The van der Waals surface area contributed by atoms with Gasteiger partial charge < -0.3 is 20.1 Å². The maximum Gasteiger partial charge on any atom is 0.323 e. The third-order valence-corrected chi connectivity index (χ3v) is 10.5. The normalized spacial score (nSPS) is 20.0. The lowest BCUT2D eigenvalue weighted by Gasteiger charge is -2.36. The zero-order valence-corrected chi connectivity index (χ0v) is 24.1. The number of piperazine rings is 1. The van der Waals surface area contributed by atoms with E-state index < -0.39 is 28.0 Å². The van der Waals surface area contributed by atoms with Crippen molar-refractivity contribution >= 4 is 48.7 Å². The third-order valence-electron chi connectivity index (χ3n) is 7.74. The number of sulfonamides is 1. The second-order valence-corrected chi connectivity index (χ2v) is 13.3. The highest BCUT2D eigenvalue weighted by atomic mass is 32.2. The van der Waals surface area contributed by atoms with E-state index in [-0.39, 0.29) is 23.9 Å². The Morgan fingerprint density at radius 1 is 1.12 bits per heavy atom. The Labute approximate surface area is 237 Å². The van der Waals surface area contributed by atoms with E-state index >= 15 is 0 Å². The summed E-state index contributed by atoms with van der Waals surface area (Å²) in [6.45, 7) is 0.649. The third kappa shape index (κ3) is 5.97. The molecule has 0 spiro atoms. The van der Waals surface area contributed by atoms with Crippen LogP contribution in [0.2, 0.25) is 0 Å². The van der Waals surface area contributed by atoms with Crippen LogP contribution in [0.4, 0.5) is 5.13 Å². The maximum atomic E-state index is 13.6. The van der Waals surface area contributed by atoms with E-state index in [1.54, 1.807) is 36.2 Å². The Hall–Kier alpha value is -3.13. The molecule has 1 unspecified atom stereocenters. The first kappa shape index (κ1) is 28.4. The van der Waals surface area contributed by atoms with E-state index in [1.165, 1.54) is 30.6 Å². The molecular formula is C27H33N5O6S2. The fraction of sp³-hybridized carbons (Fsp3) is 0.481. The van der Waals surface area contributed by atoms with E-state index in [4.69, 9.17) is 4.74 Å². The van der Waals surface area contributed by atoms with Crippen molar-refractivity contribution in [1.29, 1.82) is 0 Å². The number of carboxylic acid groups (broad SMARTS) is 1. The van der Waals surface area contributed by atoms with Gasteiger partial charge in [-0.25, -0.2) is 18.4 Å². The first-order valence-corrected chi connectivity index (χ1v) is 15.6. The number of pyridine rings is 1. The number of rotatable bonds is 9. The number of aliphatic carboxylic acids is 1. The van der Waals surface area contributed by atoms with Crippen molar-refractivity contribution in [3.8, 4) is 5.88 Å². The second-order valence-electron chi connectivity index (χ2n) is 10.4. The van der Waals surface area contributed by atoms with E-state index in [2.05, 4.69) is 15.3 Å². The van der Waals surface area contributed by atoms with Gasteiger partial charge >= 0.3 is 5.97 Å². The Balaban J connectivity index is 1.39. The molecule has 2 N–H and O–H groups in total. The minimum Gasteiger partial charge on any atom is -0.481 e. The van der Waals surface area contributed by atoms with Crippen LogP contribution in [0.1, 0.15) is 43.6 Å². The molecule has 2 atom stereocenters. The fourth-order valence-corrected chi connectivity index (χ4v) is 7.93. The number of carboxylic acids is 1. The Morgan fingerprint density at radius 2 is 1.85 bits per heavy atom. The standard InChI is InChI=1S/C27H33N5O6S2/c1-31-13-14-32(22(16-31)26(34)35)40(36,37)19-9-7-18(8-10-19)20(15-17-5-3-4-6-17)24(33)30-27-28-21-11-12-23(38-2)29-25(21)39-27/h7-12,17,20,22H,3-6,13-16H2,1-2H3,(H,34,35)(H,28,30,33)/t20-,22?/m1/s1. The first-order chi connectivity index (χ1) is 19.2. The van der Waals surface area contributed by atoms with E-state index in [0.29, 0.717) is 45.8 Å². The molecule has 3 aromatic rings. The molecule has 1 aliphatic carbocycles.